The second kappa shape index (κ2) is 6.14. The molecule has 2 aromatic heterocycles. The Morgan fingerprint density at radius 3 is 2.48 bits per heavy atom. The first-order valence-corrected chi connectivity index (χ1v) is 9.13. The van der Waals surface area contributed by atoms with Crippen LogP contribution >= 0.6 is 22.9 Å². The van der Waals surface area contributed by atoms with Gasteiger partial charge in [0, 0.05) is 16.0 Å². The lowest BCUT2D eigenvalue weighted by atomic mass is 10.1. The highest BCUT2D eigenvalue weighted by Gasteiger charge is 2.18. The molecule has 0 fully saturated rings. The Morgan fingerprint density at radius 2 is 1.80 bits per heavy atom. The summed E-state index contributed by atoms with van der Waals surface area (Å²) >= 11 is 7.66. The Balaban J connectivity index is 1.95. The van der Waals surface area contributed by atoms with E-state index < -0.39 is 0 Å². The summed E-state index contributed by atoms with van der Waals surface area (Å²) in [4.78, 5) is 17.4. The standard InChI is InChI=1S/C20H15ClN2OS/c1-12-3-5-14(6-4-12)18-11-25-20-22-19(17(10-24)23(18)20)15-7-8-16(21)13(2)9-15/h3-11H,1-2H3. The van der Waals surface area contributed by atoms with Gasteiger partial charge in [-0.05, 0) is 37.1 Å². The first-order chi connectivity index (χ1) is 12.1. The van der Waals surface area contributed by atoms with Gasteiger partial charge in [-0.1, -0.05) is 47.5 Å². The molecule has 124 valence electrons. The predicted octanol–water partition coefficient (Wildman–Crippen LogP) is 5.81. The SMILES string of the molecule is Cc1ccc(-c2csc3nc(-c4ccc(Cl)c(C)c4)c(C=O)n23)cc1. The van der Waals surface area contributed by atoms with Gasteiger partial charge in [0.05, 0.1) is 5.69 Å². The van der Waals surface area contributed by atoms with Crippen molar-refractivity contribution in [3.63, 3.8) is 0 Å². The van der Waals surface area contributed by atoms with Crippen molar-refractivity contribution in [1.82, 2.24) is 9.38 Å². The first-order valence-electron chi connectivity index (χ1n) is 7.87. The summed E-state index contributed by atoms with van der Waals surface area (Å²) in [6.07, 6.45) is 0.879. The van der Waals surface area contributed by atoms with E-state index in [1.54, 1.807) is 0 Å². The molecule has 0 saturated carbocycles. The minimum Gasteiger partial charge on any atom is -0.296 e. The summed E-state index contributed by atoms with van der Waals surface area (Å²) in [6.45, 7) is 4.00. The molecule has 0 unspecified atom stereocenters. The van der Waals surface area contributed by atoms with E-state index in [-0.39, 0.29) is 0 Å². The van der Waals surface area contributed by atoms with Gasteiger partial charge in [-0.25, -0.2) is 4.98 Å². The smallest absolute Gasteiger partial charge is 0.195 e. The van der Waals surface area contributed by atoms with E-state index >= 15 is 0 Å². The third kappa shape index (κ3) is 2.68. The van der Waals surface area contributed by atoms with Crippen LogP contribution in [0.5, 0.6) is 0 Å². The molecule has 2 heterocycles. The molecule has 0 spiro atoms. The average molecular weight is 367 g/mol. The Bertz CT molecular complexity index is 1090. The molecular formula is C20H15ClN2OS. The maximum atomic E-state index is 11.9. The number of carbonyl (C=O) groups is 1. The van der Waals surface area contributed by atoms with Gasteiger partial charge < -0.3 is 0 Å². The Hall–Kier alpha value is -2.43. The molecule has 5 heteroatoms. The molecule has 3 nitrogen and oxygen atoms in total. The molecule has 0 N–H and O–H groups in total. The first kappa shape index (κ1) is 16.1. The summed E-state index contributed by atoms with van der Waals surface area (Å²) in [5.41, 5.74) is 6.36. The van der Waals surface area contributed by atoms with E-state index in [0.717, 1.165) is 33.6 Å². The molecule has 0 saturated heterocycles. The van der Waals surface area contributed by atoms with Crippen molar-refractivity contribution in [1.29, 1.82) is 0 Å². The van der Waals surface area contributed by atoms with Gasteiger partial charge in [0.25, 0.3) is 0 Å². The maximum Gasteiger partial charge on any atom is 0.195 e. The normalized spacial score (nSPS) is 11.2. The number of aldehydes is 1. The van der Waals surface area contributed by atoms with Gasteiger partial charge in [-0.3, -0.25) is 9.20 Å². The number of hydrogen-bond acceptors (Lipinski definition) is 3. The van der Waals surface area contributed by atoms with Crippen molar-refractivity contribution < 1.29 is 4.79 Å². The second-order valence-electron chi connectivity index (χ2n) is 6.03. The van der Waals surface area contributed by atoms with Gasteiger partial charge in [0.2, 0.25) is 0 Å². The lowest BCUT2D eigenvalue weighted by Crippen LogP contribution is -1.94. The number of halogens is 1. The summed E-state index contributed by atoms with van der Waals surface area (Å²) in [7, 11) is 0. The van der Waals surface area contributed by atoms with Crippen LogP contribution in [0.4, 0.5) is 0 Å². The molecule has 25 heavy (non-hydrogen) atoms. The van der Waals surface area contributed by atoms with Crippen LogP contribution in [0.3, 0.4) is 0 Å². The fourth-order valence-corrected chi connectivity index (χ4v) is 3.94. The zero-order chi connectivity index (χ0) is 17.6. The highest BCUT2D eigenvalue weighted by Crippen LogP contribution is 2.33. The molecule has 0 radical (unpaired) electrons. The molecule has 0 aliphatic rings. The summed E-state index contributed by atoms with van der Waals surface area (Å²) < 4.78 is 1.93. The molecule has 2 aromatic carbocycles. The monoisotopic (exact) mass is 366 g/mol. The fourth-order valence-electron chi connectivity index (χ4n) is 2.92. The zero-order valence-corrected chi connectivity index (χ0v) is 15.4. The van der Waals surface area contributed by atoms with Crippen molar-refractivity contribution in [2.24, 2.45) is 0 Å². The van der Waals surface area contributed by atoms with Crippen LogP contribution in [0, 0.1) is 13.8 Å². The number of rotatable bonds is 3. The number of hydrogen-bond donors (Lipinski definition) is 0. The minimum absolute atomic E-state index is 0.563. The minimum atomic E-state index is 0.563. The molecular weight excluding hydrogens is 352 g/mol. The van der Waals surface area contributed by atoms with Crippen molar-refractivity contribution in [2.75, 3.05) is 0 Å². The van der Waals surface area contributed by atoms with Crippen LogP contribution in [-0.4, -0.2) is 15.7 Å². The molecule has 4 aromatic rings. The van der Waals surface area contributed by atoms with Gasteiger partial charge in [0.15, 0.2) is 11.2 Å². The van der Waals surface area contributed by atoms with Crippen LogP contribution in [0.1, 0.15) is 21.6 Å². The van der Waals surface area contributed by atoms with Crippen LogP contribution in [0.2, 0.25) is 5.02 Å². The topological polar surface area (TPSA) is 34.4 Å². The molecule has 4 rings (SSSR count). The number of aromatic nitrogens is 2. The van der Waals surface area contributed by atoms with Gasteiger partial charge in [0.1, 0.15) is 11.4 Å². The number of thiazole rings is 1. The Morgan fingerprint density at radius 1 is 1.08 bits per heavy atom. The molecule has 0 bridgehead atoms. The fraction of sp³-hybridized carbons (Fsp3) is 0.100. The van der Waals surface area contributed by atoms with Crippen molar-refractivity contribution >= 4 is 34.2 Å². The summed E-state index contributed by atoms with van der Waals surface area (Å²) in [5.74, 6) is 0. The highest BCUT2D eigenvalue weighted by atomic mass is 35.5. The third-order valence-electron chi connectivity index (χ3n) is 4.29. The van der Waals surface area contributed by atoms with Crippen LogP contribution in [0.15, 0.2) is 47.8 Å². The summed E-state index contributed by atoms with van der Waals surface area (Å²) in [5, 5.41) is 2.74. The molecule has 0 aliphatic carbocycles. The van der Waals surface area contributed by atoms with Crippen LogP contribution in [0.25, 0.3) is 27.5 Å². The third-order valence-corrected chi connectivity index (χ3v) is 5.54. The highest BCUT2D eigenvalue weighted by molar-refractivity contribution is 7.15. The summed E-state index contributed by atoms with van der Waals surface area (Å²) in [6, 6.07) is 14.0. The van der Waals surface area contributed by atoms with Crippen molar-refractivity contribution in [2.45, 2.75) is 13.8 Å². The number of benzene rings is 2. The lowest BCUT2D eigenvalue weighted by Gasteiger charge is -2.04. The number of carbonyl (C=O) groups excluding carboxylic acids is 1. The van der Waals surface area contributed by atoms with E-state index in [2.05, 4.69) is 31.2 Å². The predicted molar refractivity (Wildman–Crippen MR) is 104 cm³/mol. The van der Waals surface area contributed by atoms with Crippen molar-refractivity contribution in [3.05, 3.63) is 69.7 Å². The lowest BCUT2D eigenvalue weighted by molar-refractivity contribution is 0.111. The molecule has 0 aliphatic heterocycles. The molecule has 0 amide bonds. The second-order valence-corrected chi connectivity index (χ2v) is 7.28. The number of fused-ring (bicyclic) bond motifs is 1. The van der Waals surface area contributed by atoms with Gasteiger partial charge in [-0.2, -0.15) is 0 Å². The zero-order valence-electron chi connectivity index (χ0n) is 13.8. The van der Waals surface area contributed by atoms with E-state index in [1.807, 2.05) is 34.9 Å². The van der Waals surface area contributed by atoms with Gasteiger partial charge >= 0.3 is 0 Å². The van der Waals surface area contributed by atoms with E-state index in [4.69, 9.17) is 16.6 Å². The Labute approximate surface area is 154 Å². The van der Waals surface area contributed by atoms with Crippen molar-refractivity contribution in [3.8, 4) is 22.5 Å². The Kier molecular flexibility index (Phi) is 3.94. The average Bonchev–Trinajstić information content (AvgIpc) is 3.17. The van der Waals surface area contributed by atoms with Crippen LogP contribution < -0.4 is 0 Å². The van der Waals surface area contributed by atoms with Gasteiger partial charge in [-0.15, -0.1) is 11.3 Å². The van der Waals surface area contributed by atoms with E-state index in [0.29, 0.717) is 16.4 Å². The van der Waals surface area contributed by atoms with E-state index in [1.165, 1.54) is 16.9 Å². The van der Waals surface area contributed by atoms with E-state index in [9.17, 15) is 4.79 Å². The number of aryl methyl sites for hydroxylation is 2. The number of nitrogens with zero attached hydrogens (tertiary/aromatic N) is 2. The quantitative estimate of drug-likeness (QED) is 0.428. The largest absolute Gasteiger partial charge is 0.296 e. The number of imidazole rings is 1. The molecule has 0 atom stereocenters. The maximum absolute atomic E-state index is 11.9. The van der Waals surface area contributed by atoms with Crippen LogP contribution in [-0.2, 0) is 0 Å².